The van der Waals surface area contributed by atoms with Gasteiger partial charge >= 0.3 is 0 Å². The van der Waals surface area contributed by atoms with Crippen molar-refractivity contribution in [3.63, 3.8) is 0 Å². The van der Waals surface area contributed by atoms with Crippen molar-refractivity contribution in [1.82, 2.24) is 4.31 Å². The van der Waals surface area contributed by atoms with E-state index in [1.165, 1.54) is 6.07 Å². The van der Waals surface area contributed by atoms with Gasteiger partial charge in [-0.3, -0.25) is 0 Å². The Morgan fingerprint density at radius 3 is 2.38 bits per heavy atom. The van der Waals surface area contributed by atoms with Gasteiger partial charge in [-0.05, 0) is 43.4 Å². The first kappa shape index (κ1) is 16.7. The Morgan fingerprint density at radius 1 is 1.12 bits per heavy atom. The second-order valence-electron chi connectivity index (χ2n) is 6.22. The Hall–Kier alpha value is -2.16. The summed E-state index contributed by atoms with van der Waals surface area (Å²) in [5, 5.41) is 9.28. The third-order valence-corrected chi connectivity index (χ3v) is 6.52. The quantitative estimate of drug-likeness (QED) is 0.808. The van der Waals surface area contributed by atoms with Crippen molar-refractivity contribution >= 4 is 10.0 Å². The minimum atomic E-state index is -3.74. The zero-order valence-corrected chi connectivity index (χ0v) is 14.4. The fourth-order valence-electron chi connectivity index (χ4n) is 2.94. The van der Waals surface area contributed by atoms with E-state index in [1.54, 1.807) is 22.5 Å². The summed E-state index contributed by atoms with van der Waals surface area (Å²) in [5.41, 5.74) is 1.14. The first-order valence-corrected chi connectivity index (χ1v) is 9.53. The Morgan fingerprint density at radius 2 is 1.75 bits per heavy atom. The number of nitriles is 1. The molecule has 0 radical (unpaired) electrons. The SMILES string of the molecule is C[C@@H](C1CC1)N(Cc1ccccc1)S(=O)(=O)c1ccccc1C#N. The fourth-order valence-corrected chi connectivity index (χ4v) is 4.76. The van der Waals surface area contributed by atoms with Crippen LogP contribution < -0.4 is 0 Å². The topological polar surface area (TPSA) is 61.2 Å². The molecule has 124 valence electrons. The molecule has 0 amide bonds. The van der Waals surface area contributed by atoms with Gasteiger partial charge in [-0.15, -0.1) is 0 Å². The number of rotatable bonds is 6. The molecule has 1 aliphatic carbocycles. The third-order valence-electron chi connectivity index (χ3n) is 4.53. The van der Waals surface area contributed by atoms with Gasteiger partial charge < -0.3 is 0 Å². The normalized spacial score (nSPS) is 15.9. The van der Waals surface area contributed by atoms with E-state index in [0.717, 1.165) is 18.4 Å². The maximum absolute atomic E-state index is 13.3. The summed E-state index contributed by atoms with van der Waals surface area (Å²) >= 11 is 0. The molecule has 0 aliphatic heterocycles. The van der Waals surface area contributed by atoms with Gasteiger partial charge in [0.2, 0.25) is 10.0 Å². The highest BCUT2D eigenvalue weighted by Gasteiger charge is 2.39. The van der Waals surface area contributed by atoms with E-state index in [4.69, 9.17) is 0 Å². The van der Waals surface area contributed by atoms with E-state index in [9.17, 15) is 13.7 Å². The Bertz CT molecular complexity index is 852. The highest BCUT2D eigenvalue weighted by molar-refractivity contribution is 7.89. The van der Waals surface area contributed by atoms with Crippen LogP contribution >= 0.6 is 0 Å². The lowest BCUT2D eigenvalue weighted by Crippen LogP contribution is -2.39. The summed E-state index contributed by atoms with van der Waals surface area (Å²) in [5.74, 6) is 0.401. The van der Waals surface area contributed by atoms with Crippen LogP contribution in [0, 0.1) is 17.2 Å². The highest BCUT2D eigenvalue weighted by atomic mass is 32.2. The molecule has 1 saturated carbocycles. The van der Waals surface area contributed by atoms with E-state index in [1.807, 2.05) is 43.3 Å². The molecule has 2 aromatic rings. The Balaban J connectivity index is 2.02. The molecule has 0 heterocycles. The molecule has 0 saturated heterocycles. The number of hydrogen-bond acceptors (Lipinski definition) is 3. The second kappa shape index (κ2) is 6.76. The van der Waals surface area contributed by atoms with Crippen LogP contribution in [-0.4, -0.2) is 18.8 Å². The van der Waals surface area contributed by atoms with Crippen LogP contribution in [0.25, 0.3) is 0 Å². The molecule has 0 N–H and O–H groups in total. The van der Waals surface area contributed by atoms with Gasteiger partial charge in [-0.2, -0.15) is 9.57 Å². The lowest BCUT2D eigenvalue weighted by molar-refractivity contribution is 0.303. The summed E-state index contributed by atoms with van der Waals surface area (Å²) in [6.45, 7) is 2.29. The van der Waals surface area contributed by atoms with Crippen LogP contribution in [0.4, 0.5) is 0 Å². The third kappa shape index (κ3) is 3.35. The van der Waals surface area contributed by atoms with Gasteiger partial charge in [0, 0.05) is 12.6 Å². The zero-order valence-electron chi connectivity index (χ0n) is 13.6. The summed E-state index contributed by atoms with van der Waals surface area (Å²) < 4.78 is 28.1. The molecular weight excluding hydrogens is 320 g/mol. The molecule has 0 unspecified atom stereocenters. The van der Waals surface area contributed by atoms with E-state index >= 15 is 0 Å². The van der Waals surface area contributed by atoms with E-state index in [-0.39, 0.29) is 16.5 Å². The van der Waals surface area contributed by atoms with Crippen LogP contribution in [-0.2, 0) is 16.6 Å². The molecule has 1 aliphatic rings. The van der Waals surface area contributed by atoms with E-state index < -0.39 is 10.0 Å². The molecule has 4 nitrogen and oxygen atoms in total. The largest absolute Gasteiger partial charge is 0.244 e. The van der Waals surface area contributed by atoms with E-state index in [2.05, 4.69) is 0 Å². The van der Waals surface area contributed by atoms with Crippen LogP contribution in [0.3, 0.4) is 0 Å². The molecule has 0 bridgehead atoms. The van der Waals surface area contributed by atoms with Crippen molar-refractivity contribution in [3.8, 4) is 6.07 Å². The standard InChI is InChI=1S/C19H20N2O2S/c1-15(17-11-12-17)21(14-16-7-3-2-4-8-16)24(22,23)19-10-6-5-9-18(19)13-20/h2-10,15,17H,11-12,14H2,1H3/t15-/m0/s1. The molecule has 0 spiro atoms. The monoisotopic (exact) mass is 340 g/mol. The average molecular weight is 340 g/mol. The molecule has 5 heteroatoms. The lowest BCUT2D eigenvalue weighted by atomic mass is 10.2. The number of nitrogens with zero attached hydrogens (tertiary/aromatic N) is 2. The summed E-state index contributed by atoms with van der Waals surface area (Å²) in [6, 6.07) is 17.9. The average Bonchev–Trinajstić information content (AvgIpc) is 3.45. The maximum atomic E-state index is 13.3. The second-order valence-corrected chi connectivity index (χ2v) is 8.08. The van der Waals surface area contributed by atoms with Crippen molar-refractivity contribution in [3.05, 3.63) is 65.7 Å². The summed E-state index contributed by atoms with van der Waals surface area (Å²) in [6.07, 6.45) is 2.11. The number of benzene rings is 2. The predicted molar refractivity (Wildman–Crippen MR) is 92.5 cm³/mol. The van der Waals surface area contributed by atoms with Gasteiger partial charge in [0.15, 0.2) is 0 Å². The van der Waals surface area contributed by atoms with Gasteiger partial charge in [-0.25, -0.2) is 8.42 Å². The van der Waals surface area contributed by atoms with Crippen molar-refractivity contribution in [2.24, 2.45) is 5.92 Å². The molecular formula is C19H20N2O2S. The summed E-state index contributed by atoms with van der Waals surface area (Å²) in [7, 11) is -3.74. The molecule has 3 rings (SSSR count). The van der Waals surface area contributed by atoms with E-state index in [0.29, 0.717) is 12.5 Å². The smallest absolute Gasteiger partial charge is 0.207 e. The van der Waals surface area contributed by atoms with Crippen molar-refractivity contribution in [2.75, 3.05) is 0 Å². The van der Waals surface area contributed by atoms with Crippen LogP contribution in [0.2, 0.25) is 0 Å². The minimum Gasteiger partial charge on any atom is -0.207 e. The zero-order chi connectivity index (χ0) is 17.2. The summed E-state index contributed by atoms with van der Waals surface area (Å²) in [4.78, 5) is 0.0935. The Labute approximate surface area is 143 Å². The Kier molecular flexibility index (Phi) is 4.70. The molecule has 1 fully saturated rings. The first-order valence-electron chi connectivity index (χ1n) is 8.09. The lowest BCUT2D eigenvalue weighted by Gasteiger charge is -2.29. The van der Waals surface area contributed by atoms with Crippen molar-refractivity contribution in [1.29, 1.82) is 5.26 Å². The number of hydrogen-bond donors (Lipinski definition) is 0. The number of sulfonamides is 1. The van der Waals surface area contributed by atoms with Crippen LogP contribution in [0.15, 0.2) is 59.5 Å². The van der Waals surface area contributed by atoms with Gasteiger partial charge in [0.05, 0.1) is 10.5 Å². The first-order chi connectivity index (χ1) is 11.5. The fraction of sp³-hybridized carbons (Fsp3) is 0.316. The van der Waals surface area contributed by atoms with Gasteiger partial charge in [0.1, 0.15) is 6.07 Å². The highest BCUT2D eigenvalue weighted by Crippen LogP contribution is 2.38. The van der Waals surface area contributed by atoms with Gasteiger partial charge in [-0.1, -0.05) is 42.5 Å². The molecule has 2 aromatic carbocycles. The minimum absolute atomic E-state index is 0.0815. The molecule has 0 aromatic heterocycles. The predicted octanol–water partition coefficient (Wildman–Crippen LogP) is 3.55. The maximum Gasteiger partial charge on any atom is 0.244 e. The van der Waals surface area contributed by atoms with Gasteiger partial charge in [0.25, 0.3) is 0 Å². The molecule has 1 atom stereocenters. The van der Waals surface area contributed by atoms with Crippen molar-refractivity contribution in [2.45, 2.75) is 37.2 Å². The van der Waals surface area contributed by atoms with Crippen molar-refractivity contribution < 1.29 is 8.42 Å². The van der Waals surface area contributed by atoms with Crippen LogP contribution in [0.5, 0.6) is 0 Å². The van der Waals surface area contributed by atoms with Crippen LogP contribution in [0.1, 0.15) is 30.9 Å². The molecule has 24 heavy (non-hydrogen) atoms.